The van der Waals surface area contributed by atoms with Gasteiger partial charge in [0.1, 0.15) is 11.8 Å². The van der Waals surface area contributed by atoms with Gasteiger partial charge in [0.05, 0.1) is 5.57 Å². The number of nitrogens with zero attached hydrogens (tertiary/aromatic N) is 3. The van der Waals surface area contributed by atoms with Crippen molar-refractivity contribution < 1.29 is 19.1 Å². The SMILES string of the molecule is Cc1ccc(C(=O)C2=C(O)C(=O)N(c3nnc(SCc4ccc(Cl)cc4)s3)C2c2cccs2)o1. The Morgan fingerprint density at radius 1 is 1.21 bits per heavy atom. The average Bonchev–Trinajstić information content (AvgIpc) is 3.62. The topological polar surface area (TPSA) is 96.5 Å². The van der Waals surface area contributed by atoms with E-state index in [1.54, 1.807) is 13.0 Å². The van der Waals surface area contributed by atoms with Crippen LogP contribution in [0.1, 0.15) is 32.8 Å². The fourth-order valence-electron chi connectivity index (χ4n) is 3.52. The van der Waals surface area contributed by atoms with Crippen molar-refractivity contribution in [1.29, 1.82) is 0 Å². The van der Waals surface area contributed by atoms with Gasteiger partial charge in [-0.15, -0.1) is 21.5 Å². The Bertz CT molecular complexity index is 1390. The van der Waals surface area contributed by atoms with Gasteiger partial charge in [0.2, 0.25) is 10.9 Å². The van der Waals surface area contributed by atoms with E-state index in [0.717, 1.165) is 10.4 Å². The number of aryl methyl sites for hydroxylation is 1. The van der Waals surface area contributed by atoms with Crippen LogP contribution in [0.4, 0.5) is 5.13 Å². The molecule has 0 bridgehead atoms. The van der Waals surface area contributed by atoms with Gasteiger partial charge in [0, 0.05) is 15.7 Å². The number of rotatable bonds is 7. The zero-order valence-corrected chi connectivity index (χ0v) is 20.8. The van der Waals surface area contributed by atoms with Crippen molar-refractivity contribution in [1.82, 2.24) is 10.2 Å². The minimum absolute atomic E-state index is 0.0348. The van der Waals surface area contributed by atoms with Crippen LogP contribution in [0, 0.1) is 6.92 Å². The molecule has 4 heterocycles. The molecule has 1 amide bonds. The molecule has 1 unspecified atom stereocenters. The van der Waals surface area contributed by atoms with E-state index in [9.17, 15) is 14.7 Å². The van der Waals surface area contributed by atoms with Crippen LogP contribution in [0.15, 0.2) is 74.0 Å². The zero-order chi connectivity index (χ0) is 23.8. The smallest absolute Gasteiger partial charge is 0.296 e. The number of aromatic nitrogens is 2. The zero-order valence-electron chi connectivity index (χ0n) is 17.6. The number of amides is 1. The number of ketones is 1. The Labute approximate surface area is 211 Å². The lowest BCUT2D eigenvalue weighted by Crippen LogP contribution is -2.30. The molecule has 1 atom stereocenters. The summed E-state index contributed by atoms with van der Waals surface area (Å²) in [5.74, 6) is -0.574. The molecular formula is C23H16ClN3O4S3. The average molecular weight is 530 g/mol. The highest BCUT2D eigenvalue weighted by Crippen LogP contribution is 2.45. The van der Waals surface area contributed by atoms with Gasteiger partial charge in [-0.2, -0.15) is 0 Å². The van der Waals surface area contributed by atoms with E-state index in [4.69, 9.17) is 16.0 Å². The van der Waals surface area contributed by atoms with Crippen LogP contribution < -0.4 is 4.90 Å². The molecule has 5 rings (SSSR count). The summed E-state index contributed by atoms with van der Waals surface area (Å²) in [5.41, 5.74) is 1.04. The lowest BCUT2D eigenvalue weighted by molar-refractivity contribution is -0.117. The second-order valence-corrected chi connectivity index (χ2v) is 11.0. The van der Waals surface area contributed by atoms with Crippen LogP contribution in [-0.2, 0) is 10.5 Å². The van der Waals surface area contributed by atoms with Gasteiger partial charge in [0.25, 0.3) is 5.91 Å². The fourth-order valence-corrected chi connectivity index (χ4v) is 6.30. The van der Waals surface area contributed by atoms with Crippen molar-refractivity contribution in [3.8, 4) is 0 Å². The number of halogens is 1. The molecule has 0 spiro atoms. The van der Waals surface area contributed by atoms with Crippen LogP contribution in [0.25, 0.3) is 0 Å². The molecular weight excluding hydrogens is 514 g/mol. The number of hydrogen-bond donors (Lipinski definition) is 1. The lowest BCUT2D eigenvalue weighted by atomic mass is 10.0. The predicted octanol–water partition coefficient (Wildman–Crippen LogP) is 6.23. The molecule has 172 valence electrons. The number of thioether (sulfide) groups is 1. The summed E-state index contributed by atoms with van der Waals surface area (Å²) in [6, 6.07) is 13.5. The number of furan rings is 1. The third-order valence-electron chi connectivity index (χ3n) is 5.11. The Balaban J connectivity index is 1.45. The second-order valence-electron chi connectivity index (χ2n) is 7.36. The summed E-state index contributed by atoms with van der Waals surface area (Å²) in [5, 5.41) is 22.0. The van der Waals surface area contributed by atoms with Crippen molar-refractivity contribution in [3.63, 3.8) is 0 Å². The number of benzene rings is 1. The molecule has 1 aliphatic rings. The van der Waals surface area contributed by atoms with Crippen LogP contribution in [0.2, 0.25) is 5.02 Å². The van der Waals surface area contributed by atoms with Gasteiger partial charge in [-0.25, -0.2) is 0 Å². The maximum Gasteiger partial charge on any atom is 0.296 e. The predicted molar refractivity (Wildman–Crippen MR) is 133 cm³/mol. The number of anilines is 1. The number of Topliss-reactive ketones (excluding diaryl/α,β-unsaturated/α-hetero) is 1. The summed E-state index contributed by atoms with van der Waals surface area (Å²) >= 11 is 10.0. The number of carbonyl (C=O) groups is 2. The van der Waals surface area contributed by atoms with E-state index in [0.29, 0.717) is 26.0 Å². The maximum absolute atomic E-state index is 13.3. The van der Waals surface area contributed by atoms with Gasteiger partial charge < -0.3 is 9.52 Å². The molecule has 0 saturated carbocycles. The summed E-state index contributed by atoms with van der Waals surface area (Å²) in [4.78, 5) is 28.4. The minimum atomic E-state index is -0.826. The lowest BCUT2D eigenvalue weighted by Gasteiger charge is -2.22. The van der Waals surface area contributed by atoms with Crippen molar-refractivity contribution in [2.75, 3.05) is 4.90 Å². The molecule has 0 radical (unpaired) electrons. The van der Waals surface area contributed by atoms with Crippen molar-refractivity contribution in [2.45, 2.75) is 23.1 Å². The van der Waals surface area contributed by atoms with E-state index in [2.05, 4.69) is 10.2 Å². The fraction of sp³-hybridized carbons (Fsp3) is 0.130. The summed E-state index contributed by atoms with van der Waals surface area (Å²) in [6.45, 7) is 1.72. The molecule has 0 aliphatic carbocycles. The molecule has 0 saturated heterocycles. The van der Waals surface area contributed by atoms with Crippen LogP contribution in [0.3, 0.4) is 0 Å². The molecule has 1 aromatic carbocycles. The van der Waals surface area contributed by atoms with Crippen LogP contribution in [-0.4, -0.2) is 27.0 Å². The second kappa shape index (κ2) is 9.38. The normalized spacial score (nSPS) is 16.0. The molecule has 4 aromatic rings. The Kier molecular flexibility index (Phi) is 6.30. The summed E-state index contributed by atoms with van der Waals surface area (Å²) in [6.07, 6.45) is 0. The first-order valence-corrected chi connectivity index (χ1v) is 13.1. The van der Waals surface area contributed by atoms with Crippen molar-refractivity contribution >= 4 is 62.9 Å². The van der Waals surface area contributed by atoms with Crippen LogP contribution in [0.5, 0.6) is 0 Å². The molecule has 3 aromatic heterocycles. The van der Waals surface area contributed by atoms with Gasteiger partial charge in [-0.3, -0.25) is 14.5 Å². The van der Waals surface area contributed by atoms with E-state index < -0.39 is 23.5 Å². The number of thiophene rings is 1. The van der Waals surface area contributed by atoms with Gasteiger partial charge >= 0.3 is 0 Å². The van der Waals surface area contributed by atoms with Crippen LogP contribution >= 0.6 is 46.0 Å². The van der Waals surface area contributed by atoms with Crippen molar-refractivity contribution in [3.05, 3.63) is 92.2 Å². The maximum atomic E-state index is 13.3. The molecule has 7 nitrogen and oxygen atoms in total. The third-order valence-corrected chi connectivity index (χ3v) is 8.41. The van der Waals surface area contributed by atoms with Gasteiger partial charge in [-0.1, -0.05) is 52.9 Å². The monoisotopic (exact) mass is 529 g/mol. The van der Waals surface area contributed by atoms with Gasteiger partial charge in [-0.05, 0) is 48.2 Å². The van der Waals surface area contributed by atoms with E-state index in [1.807, 2.05) is 41.8 Å². The van der Waals surface area contributed by atoms with Crippen molar-refractivity contribution in [2.24, 2.45) is 0 Å². The molecule has 1 N–H and O–H groups in total. The first-order valence-electron chi connectivity index (χ1n) is 10.0. The first kappa shape index (κ1) is 22.9. The highest BCUT2D eigenvalue weighted by molar-refractivity contribution is 8.00. The Morgan fingerprint density at radius 2 is 2.00 bits per heavy atom. The number of aliphatic hydroxyl groups is 1. The van der Waals surface area contributed by atoms with Gasteiger partial charge in [0.15, 0.2) is 15.9 Å². The summed E-state index contributed by atoms with van der Waals surface area (Å²) < 4.78 is 6.13. The molecule has 0 fully saturated rings. The van der Waals surface area contributed by atoms with E-state index in [-0.39, 0.29) is 11.3 Å². The minimum Gasteiger partial charge on any atom is -0.503 e. The highest BCUT2D eigenvalue weighted by Gasteiger charge is 2.47. The summed E-state index contributed by atoms with van der Waals surface area (Å²) in [7, 11) is 0. The highest BCUT2D eigenvalue weighted by atomic mass is 35.5. The standard InChI is InChI=1S/C23H16ClN3O4S3/c1-12-4-9-15(31-12)19(28)17-18(16-3-2-10-32-16)27(21(30)20(17)29)22-25-26-23(34-22)33-11-13-5-7-14(24)8-6-13/h2-10,18,29H,11H2,1H3. The van der Waals surface area contributed by atoms with E-state index >= 15 is 0 Å². The Morgan fingerprint density at radius 3 is 2.68 bits per heavy atom. The number of carbonyl (C=O) groups excluding carboxylic acids is 2. The largest absolute Gasteiger partial charge is 0.503 e. The molecule has 34 heavy (non-hydrogen) atoms. The quantitative estimate of drug-likeness (QED) is 0.172. The third kappa shape index (κ3) is 4.29. The first-order chi connectivity index (χ1) is 16.4. The molecule has 1 aliphatic heterocycles. The Hall–Kier alpha value is -2.92. The number of hydrogen-bond acceptors (Lipinski definition) is 9. The molecule has 11 heteroatoms. The number of aliphatic hydroxyl groups excluding tert-OH is 1. The van der Waals surface area contributed by atoms with E-state index in [1.165, 1.54) is 45.4 Å².